The summed E-state index contributed by atoms with van der Waals surface area (Å²) < 4.78 is 10.9. The molecule has 0 aliphatic carbocycles. The monoisotopic (exact) mass is 357 g/mol. The molecule has 1 amide bonds. The highest BCUT2D eigenvalue weighted by Crippen LogP contribution is 2.20. The van der Waals surface area contributed by atoms with Gasteiger partial charge in [-0.05, 0) is 27.7 Å². The summed E-state index contributed by atoms with van der Waals surface area (Å²) in [5, 5.41) is 9.22. The van der Waals surface area contributed by atoms with Crippen LogP contribution in [0.4, 0.5) is 4.79 Å². The molecule has 0 aromatic carbocycles. The first kappa shape index (κ1) is 19.9. The molecule has 0 radical (unpaired) electrons. The van der Waals surface area contributed by atoms with Crippen molar-refractivity contribution in [3.63, 3.8) is 0 Å². The van der Waals surface area contributed by atoms with Gasteiger partial charge in [-0.25, -0.2) is 4.79 Å². The fraction of sp³-hybridized carbons (Fsp3) is 0.882. The molecule has 2 atom stereocenters. The first-order valence-electron chi connectivity index (χ1n) is 8.91. The standard InChI is InChI=1S/C17H31N3O5/c1-13-9-19(12-15(21)22)14(10-18-5-7-24-8-6-18)11-20(13)16(23)25-17(2,3)4/h13-14H,5-12H2,1-4H3,(H,21,22)/t13-,14+/m1/s1. The second kappa shape index (κ2) is 8.33. The maximum absolute atomic E-state index is 12.5. The van der Waals surface area contributed by atoms with E-state index in [9.17, 15) is 14.7 Å². The lowest BCUT2D eigenvalue weighted by Gasteiger charge is -2.46. The van der Waals surface area contributed by atoms with Gasteiger partial charge in [-0.15, -0.1) is 0 Å². The zero-order valence-corrected chi connectivity index (χ0v) is 15.7. The van der Waals surface area contributed by atoms with Gasteiger partial charge in [0.15, 0.2) is 0 Å². The Balaban J connectivity index is 2.06. The number of amides is 1. The molecule has 0 spiro atoms. The summed E-state index contributed by atoms with van der Waals surface area (Å²) >= 11 is 0. The lowest BCUT2D eigenvalue weighted by molar-refractivity contribution is -0.140. The normalized spacial score (nSPS) is 26.5. The Morgan fingerprint density at radius 1 is 1.20 bits per heavy atom. The fourth-order valence-corrected chi connectivity index (χ4v) is 3.31. The van der Waals surface area contributed by atoms with Crippen LogP contribution in [-0.2, 0) is 14.3 Å². The highest BCUT2D eigenvalue weighted by atomic mass is 16.6. The zero-order valence-electron chi connectivity index (χ0n) is 15.7. The van der Waals surface area contributed by atoms with Gasteiger partial charge in [0, 0.05) is 44.8 Å². The SMILES string of the molecule is C[C@@H]1CN(CC(=O)O)[C@@H](CN2CCOCC2)CN1C(=O)OC(C)(C)C. The molecule has 0 saturated carbocycles. The van der Waals surface area contributed by atoms with Crippen molar-refractivity contribution in [3.05, 3.63) is 0 Å². The van der Waals surface area contributed by atoms with Crippen LogP contribution in [0.25, 0.3) is 0 Å². The molecule has 2 heterocycles. The molecule has 2 aliphatic heterocycles. The number of piperazine rings is 1. The van der Waals surface area contributed by atoms with Gasteiger partial charge < -0.3 is 19.5 Å². The summed E-state index contributed by atoms with van der Waals surface area (Å²) in [6.45, 7) is 12.2. The summed E-state index contributed by atoms with van der Waals surface area (Å²) in [5.74, 6) is -0.843. The molecule has 0 unspecified atom stereocenters. The summed E-state index contributed by atoms with van der Waals surface area (Å²) in [6.07, 6.45) is -0.332. The third kappa shape index (κ3) is 6.13. The molecule has 2 rings (SSSR count). The second-order valence-corrected chi connectivity index (χ2v) is 7.87. The fourth-order valence-electron chi connectivity index (χ4n) is 3.31. The predicted octanol–water partition coefficient (Wildman–Crippen LogP) is 0.713. The van der Waals surface area contributed by atoms with Crippen LogP contribution in [0.3, 0.4) is 0 Å². The zero-order chi connectivity index (χ0) is 18.6. The molecule has 2 saturated heterocycles. The Hall–Kier alpha value is -1.38. The van der Waals surface area contributed by atoms with Crippen LogP contribution in [0, 0.1) is 0 Å². The van der Waals surface area contributed by atoms with Gasteiger partial charge in [0.25, 0.3) is 0 Å². The molecule has 0 aromatic heterocycles. The lowest BCUT2D eigenvalue weighted by Crippen LogP contribution is -2.63. The highest BCUT2D eigenvalue weighted by molar-refractivity contribution is 5.70. The first-order valence-corrected chi connectivity index (χ1v) is 8.91. The Morgan fingerprint density at radius 2 is 1.84 bits per heavy atom. The van der Waals surface area contributed by atoms with Gasteiger partial charge in [0.1, 0.15) is 5.60 Å². The summed E-state index contributed by atoms with van der Waals surface area (Å²) in [7, 11) is 0. The Kier molecular flexibility index (Phi) is 6.65. The molecule has 144 valence electrons. The molecule has 25 heavy (non-hydrogen) atoms. The van der Waals surface area contributed by atoms with Gasteiger partial charge in [-0.2, -0.15) is 0 Å². The number of hydrogen-bond acceptors (Lipinski definition) is 6. The highest BCUT2D eigenvalue weighted by Gasteiger charge is 2.37. The minimum absolute atomic E-state index is 0.0124. The molecule has 8 heteroatoms. The van der Waals surface area contributed by atoms with E-state index in [1.807, 2.05) is 32.6 Å². The number of carboxylic acids is 1. The number of nitrogens with zero attached hydrogens (tertiary/aromatic N) is 3. The van der Waals surface area contributed by atoms with Crippen molar-refractivity contribution in [2.75, 3.05) is 52.5 Å². The van der Waals surface area contributed by atoms with E-state index in [4.69, 9.17) is 9.47 Å². The second-order valence-electron chi connectivity index (χ2n) is 7.87. The van der Waals surface area contributed by atoms with E-state index >= 15 is 0 Å². The van der Waals surface area contributed by atoms with Gasteiger partial charge in [-0.1, -0.05) is 0 Å². The van der Waals surface area contributed by atoms with Crippen LogP contribution >= 0.6 is 0 Å². The number of hydrogen-bond donors (Lipinski definition) is 1. The Morgan fingerprint density at radius 3 is 2.40 bits per heavy atom. The molecule has 2 aliphatic rings. The predicted molar refractivity (Wildman–Crippen MR) is 92.7 cm³/mol. The van der Waals surface area contributed by atoms with Crippen molar-refractivity contribution in [1.29, 1.82) is 0 Å². The average molecular weight is 357 g/mol. The van der Waals surface area contributed by atoms with Gasteiger partial charge in [-0.3, -0.25) is 14.6 Å². The summed E-state index contributed by atoms with van der Waals surface area (Å²) in [4.78, 5) is 29.7. The van der Waals surface area contributed by atoms with Crippen LogP contribution < -0.4 is 0 Å². The minimum Gasteiger partial charge on any atom is -0.480 e. The van der Waals surface area contributed by atoms with Crippen LogP contribution in [-0.4, -0.2) is 102 Å². The summed E-state index contributed by atoms with van der Waals surface area (Å²) in [6, 6.07) is -0.118. The number of carboxylic acid groups (broad SMARTS) is 1. The Labute approximate surface area is 149 Å². The van der Waals surface area contributed by atoms with Crippen molar-refractivity contribution in [3.8, 4) is 0 Å². The third-order valence-electron chi connectivity index (χ3n) is 4.49. The number of morpholine rings is 1. The van der Waals surface area contributed by atoms with Crippen molar-refractivity contribution < 1.29 is 24.2 Å². The van der Waals surface area contributed by atoms with Gasteiger partial charge in [0.05, 0.1) is 19.8 Å². The molecule has 2 fully saturated rings. The van der Waals surface area contributed by atoms with Crippen LogP contribution in [0.5, 0.6) is 0 Å². The van der Waals surface area contributed by atoms with E-state index in [2.05, 4.69) is 4.90 Å². The molecule has 0 bridgehead atoms. The molecular weight excluding hydrogens is 326 g/mol. The molecular formula is C17H31N3O5. The summed E-state index contributed by atoms with van der Waals surface area (Å²) in [5.41, 5.74) is -0.547. The van der Waals surface area contributed by atoms with Gasteiger partial charge in [0.2, 0.25) is 0 Å². The minimum atomic E-state index is -0.843. The number of ether oxygens (including phenoxy) is 2. The largest absolute Gasteiger partial charge is 0.480 e. The maximum Gasteiger partial charge on any atom is 0.410 e. The number of carbonyl (C=O) groups excluding carboxylic acids is 1. The van der Waals surface area contributed by atoms with E-state index < -0.39 is 11.6 Å². The first-order chi connectivity index (χ1) is 11.7. The molecule has 0 aromatic rings. The lowest BCUT2D eigenvalue weighted by atomic mass is 10.1. The Bertz CT molecular complexity index is 473. The average Bonchev–Trinajstić information content (AvgIpc) is 2.48. The van der Waals surface area contributed by atoms with Crippen molar-refractivity contribution >= 4 is 12.1 Å². The maximum atomic E-state index is 12.5. The van der Waals surface area contributed by atoms with Crippen LogP contribution in [0.2, 0.25) is 0 Å². The number of carbonyl (C=O) groups is 2. The van der Waals surface area contributed by atoms with Gasteiger partial charge >= 0.3 is 12.1 Å². The van der Waals surface area contributed by atoms with E-state index in [1.165, 1.54) is 0 Å². The van der Waals surface area contributed by atoms with Crippen LogP contribution in [0.1, 0.15) is 27.7 Å². The quantitative estimate of drug-likeness (QED) is 0.793. The van der Waals surface area contributed by atoms with E-state index in [0.29, 0.717) is 26.3 Å². The topological polar surface area (TPSA) is 82.6 Å². The van der Waals surface area contributed by atoms with E-state index in [0.717, 1.165) is 19.6 Å². The number of rotatable bonds is 4. The number of aliphatic carboxylic acids is 1. The van der Waals surface area contributed by atoms with E-state index in [1.54, 1.807) is 4.90 Å². The van der Waals surface area contributed by atoms with E-state index in [-0.39, 0.29) is 24.7 Å². The van der Waals surface area contributed by atoms with Crippen molar-refractivity contribution in [1.82, 2.24) is 14.7 Å². The molecule has 1 N–H and O–H groups in total. The van der Waals surface area contributed by atoms with Crippen molar-refractivity contribution in [2.24, 2.45) is 0 Å². The third-order valence-corrected chi connectivity index (χ3v) is 4.49. The van der Waals surface area contributed by atoms with Crippen molar-refractivity contribution in [2.45, 2.75) is 45.4 Å². The molecule has 8 nitrogen and oxygen atoms in total. The van der Waals surface area contributed by atoms with Crippen LogP contribution in [0.15, 0.2) is 0 Å². The smallest absolute Gasteiger partial charge is 0.410 e.